The van der Waals surface area contributed by atoms with Crippen LogP contribution in [0.1, 0.15) is 53.9 Å². The van der Waals surface area contributed by atoms with Gasteiger partial charge in [-0.1, -0.05) is 66.6 Å². The Morgan fingerprint density at radius 1 is 0.938 bits per heavy atom. The van der Waals surface area contributed by atoms with Crippen molar-refractivity contribution in [2.24, 2.45) is 0 Å². The number of nitrogens with one attached hydrogen (secondary N) is 1. The summed E-state index contributed by atoms with van der Waals surface area (Å²) in [6, 6.07) is 26.6. The first-order chi connectivity index (χ1) is 15.7. The van der Waals surface area contributed by atoms with Crippen molar-refractivity contribution < 1.29 is 4.74 Å². The predicted octanol–water partition coefficient (Wildman–Crippen LogP) is 5.97. The largest absolute Gasteiger partial charge is 0.371 e. The van der Waals surface area contributed by atoms with E-state index in [9.17, 15) is 0 Å². The van der Waals surface area contributed by atoms with E-state index >= 15 is 0 Å². The van der Waals surface area contributed by atoms with Gasteiger partial charge in [0.25, 0.3) is 0 Å². The summed E-state index contributed by atoms with van der Waals surface area (Å²) in [5.74, 6) is 3.36. The molecule has 0 bridgehead atoms. The number of anilines is 2. The molecule has 0 spiro atoms. The van der Waals surface area contributed by atoms with E-state index in [2.05, 4.69) is 88.9 Å². The maximum atomic E-state index is 5.71. The van der Waals surface area contributed by atoms with E-state index in [1.54, 1.807) is 0 Å². The van der Waals surface area contributed by atoms with Crippen LogP contribution in [0, 0.1) is 12.3 Å². The van der Waals surface area contributed by atoms with Gasteiger partial charge in [0.1, 0.15) is 12.8 Å². The standard InChI is InChI=1S/C29H30N2O/c1-3-18-32-21(2)30-24-19-27-25(22-10-6-4-7-11-22)14-16-31-17-15-26(28(20-24)29(27)31)23-12-8-5-9-13-23/h1,4-13,19-21,25-26,30H,14-18H2,2H3. The van der Waals surface area contributed by atoms with Gasteiger partial charge < -0.3 is 15.0 Å². The minimum atomic E-state index is -0.148. The molecule has 5 rings (SSSR count). The minimum Gasteiger partial charge on any atom is -0.371 e. The molecule has 3 heteroatoms. The van der Waals surface area contributed by atoms with Crippen molar-refractivity contribution >= 4 is 11.4 Å². The molecule has 3 atom stereocenters. The minimum absolute atomic E-state index is 0.148. The van der Waals surface area contributed by atoms with Crippen LogP contribution in [0.15, 0.2) is 72.8 Å². The fourth-order valence-corrected chi connectivity index (χ4v) is 5.39. The molecule has 3 aromatic carbocycles. The molecule has 0 saturated carbocycles. The summed E-state index contributed by atoms with van der Waals surface area (Å²) in [6.07, 6.45) is 7.51. The van der Waals surface area contributed by atoms with Gasteiger partial charge in [0.05, 0.1) is 0 Å². The van der Waals surface area contributed by atoms with Crippen molar-refractivity contribution in [1.29, 1.82) is 0 Å². The number of nitrogens with zero attached hydrogens (tertiary/aromatic N) is 1. The van der Waals surface area contributed by atoms with Crippen molar-refractivity contribution in [1.82, 2.24) is 0 Å². The first kappa shape index (κ1) is 20.7. The van der Waals surface area contributed by atoms with Crippen molar-refractivity contribution in [3.8, 4) is 12.3 Å². The van der Waals surface area contributed by atoms with Gasteiger partial charge in [-0.15, -0.1) is 6.42 Å². The lowest BCUT2D eigenvalue weighted by atomic mass is 9.76. The first-order valence-electron chi connectivity index (χ1n) is 11.6. The molecule has 2 aliphatic heterocycles. The molecule has 3 unspecified atom stereocenters. The van der Waals surface area contributed by atoms with Gasteiger partial charge >= 0.3 is 0 Å². The Hall–Kier alpha value is -3.22. The summed E-state index contributed by atoms with van der Waals surface area (Å²) in [6.45, 7) is 4.53. The van der Waals surface area contributed by atoms with Crippen LogP contribution in [0.2, 0.25) is 0 Å². The molecule has 2 heterocycles. The average Bonchev–Trinajstić information content (AvgIpc) is 2.84. The molecule has 3 aromatic rings. The van der Waals surface area contributed by atoms with Gasteiger partial charge in [0, 0.05) is 36.3 Å². The molecule has 32 heavy (non-hydrogen) atoms. The van der Waals surface area contributed by atoms with Gasteiger partial charge in [0.15, 0.2) is 0 Å². The molecule has 0 amide bonds. The zero-order chi connectivity index (χ0) is 21.9. The lowest BCUT2D eigenvalue weighted by Gasteiger charge is -2.43. The van der Waals surface area contributed by atoms with Crippen LogP contribution in [0.3, 0.4) is 0 Å². The Kier molecular flexibility index (Phi) is 5.88. The SMILES string of the molecule is C#CCOC(C)Nc1cc2c3c(c1)C(c1ccccc1)CCN3CCC2c1ccccc1. The highest BCUT2D eigenvalue weighted by Crippen LogP contribution is 2.49. The molecule has 2 aliphatic rings. The molecule has 0 aromatic heterocycles. The Balaban J connectivity index is 1.62. The van der Waals surface area contributed by atoms with Crippen LogP contribution in [0.5, 0.6) is 0 Å². The molecule has 3 nitrogen and oxygen atoms in total. The second kappa shape index (κ2) is 9.10. The van der Waals surface area contributed by atoms with Crippen LogP contribution in [-0.4, -0.2) is 25.9 Å². The van der Waals surface area contributed by atoms with E-state index in [4.69, 9.17) is 11.2 Å². The second-order valence-electron chi connectivity index (χ2n) is 8.80. The molecule has 162 valence electrons. The summed E-state index contributed by atoms with van der Waals surface area (Å²) in [4.78, 5) is 2.60. The first-order valence-corrected chi connectivity index (χ1v) is 11.6. The predicted molar refractivity (Wildman–Crippen MR) is 132 cm³/mol. The normalized spacial score (nSPS) is 20.2. The Morgan fingerprint density at radius 2 is 1.47 bits per heavy atom. The van der Waals surface area contributed by atoms with Gasteiger partial charge in [-0.3, -0.25) is 0 Å². The van der Waals surface area contributed by atoms with Crippen LogP contribution >= 0.6 is 0 Å². The van der Waals surface area contributed by atoms with Crippen LogP contribution in [-0.2, 0) is 4.74 Å². The third-order valence-corrected chi connectivity index (χ3v) is 6.80. The Labute approximate surface area is 191 Å². The second-order valence-corrected chi connectivity index (χ2v) is 8.80. The molecule has 0 radical (unpaired) electrons. The van der Waals surface area contributed by atoms with E-state index in [-0.39, 0.29) is 6.23 Å². The van der Waals surface area contributed by atoms with Gasteiger partial charge in [0.2, 0.25) is 0 Å². The quantitative estimate of drug-likeness (QED) is 0.391. The summed E-state index contributed by atoms with van der Waals surface area (Å²) in [5.41, 5.74) is 8.18. The molecule has 0 aliphatic carbocycles. The van der Waals surface area contributed by atoms with Gasteiger partial charge in [-0.05, 0) is 54.2 Å². The van der Waals surface area contributed by atoms with Crippen molar-refractivity contribution in [2.75, 3.05) is 29.9 Å². The van der Waals surface area contributed by atoms with Crippen LogP contribution in [0.4, 0.5) is 11.4 Å². The molecular weight excluding hydrogens is 392 g/mol. The number of ether oxygens (including phenoxy) is 1. The van der Waals surface area contributed by atoms with E-state index in [1.165, 1.54) is 27.9 Å². The van der Waals surface area contributed by atoms with E-state index < -0.39 is 0 Å². The maximum Gasteiger partial charge on any atom is 0.126 e. The molecule has 1 N–H and O–H groups in total. The number of benzene rings is 3. The summed E-state index contributed by atoms with van der Waals surface area (Å²) < 4.78 is 5.71. The topological polar surface area (TPSA) is 24.5 Å². The molecular formula is C29H30N2O. The average molecular weight is 423 g/mol. The van der Waals surface area contributed by atoms with Crippen molar-refractivity contribution in [2.45, 2.75) is 37.8 Å². The summed E-state index contributed by atoms with van der Waals surface area (Å²) in [5, 5.41) is 3.55. The highest BCUT2D eigenvalue weighted by Gasteiger charge is 2.35. The van der Waals surface area contributed by atoms with Crippen LogP contribution in [0.25, 0.3) is 0 Å². The lowest BCUT2D eigenvalue weighted by Crippen LogP contribution is -2.37. The summed E-state index contributed by atoms with van der Waals surface area (Å²) in [7, 11) is 0. The number of hydrogen-bond acceptors (Lipinski definition) is 3. The van der Waals surface area contributed by atoms with E-state index in [1.807, 2.05) is 6.92 Å². The smallest absolute Gasteiger partial charge is 0.126 e. The fraction of sp³-hybridized carbons (Fsp3) is 0.310. The van der Waals surface area contributed by atoms with Crippen LogP contribution < -0.4 is 10.2 Å². The number of hydrogen-bond donors (Lipinski definition) is 1. The van der Waals surface area contributed by atoms with E-state index in [0.717, 1.165) is 31.6 Å². The molecule has 0 saturated heterocycles. The Morgan fingerprint density at radius 3 is 1.97 bits per heavy atom. The van der Waals surface area contributed by atoms with Gasteiger partial charge in [-0.25, -0.2) is 0 Å². The fourth-order valence-electron chi connectivity index (χ4n) is 5.39. The van der Waals surface area contributed by atoms with Crippen molar-refractivity contribution in [3.63, 3.8) is 0 Å². The van der Waals surface area contributed by atoms with E-state index in [0.29, 0.717) is 18.4 Å². The lowest BCUT2D eigenvalue weighted by molar-refractivity contribution is 0.113. The van der Waals surface area contributed by atoms with Crippen molar-refractivity contribution in [3.05, 3.63) is 95.1 Å². The third kappa shape index (κ3) is 3.99. The van der Waals surface area contributed by atoms with Gasteiger partial charge in [-0.2, -0.15) is 0 Å². The summed E-state index contributed by atoms with van der Waals surface area (Å²) >= 11 is 0. The zero-order valence-electron chi connectivity index (χ0n) is 18.6. The zero-order valence-corrected chi connectivity index (χ0v) is 18.6. The number of rotatable bonds is 6. The monoisotopic (exact) mass is 422 g/mol. The molecule has 0 fully saturated rings. The Bertz CT molecular complexity index is 1030. The third-order valence-electron chi connectivity index (χ3n) is 6.80. The highest BCUT2D eigenvalue weighted by molar-refractivity contribution is 5.73. The highest BCUT2D eigenvalue weighted by atomic mass is 16.5. The number of terminal acetylenes is 1. The maximum absolute atomic E-state index is 5.71.